The van der Waals surface area contributed by atoms with Crippen molar-refractivity contribution >= 4 is 23.4 Å². The van der Waals surface area contributed by atoms with Gasteiger partial charge in [0.15, 0.2) is 0 Å². The van der Waals surface area contributed by atoms with Gasteiger partial charge in [-0.05, 0) is 49.5 Å². The Morgan fingerprint density at radius 3 is 2.63 bits per heavy atom. The number of thioether (sulfide) groups is 1. The lowest BCUT2D eigenvalue weighted by Crippen LogP contribution is -2.49. The van der Waals surface area contributed by atoms with Gasteiger partial charge in [0.1, 0.15) is 0 Å². The zero-order valence-electron chi connectivity index (χ0n) is 11.5. The van der Waals surface area contributed by atoms with Crippen LogP contribution in [0.4, 0.5) is 0 Å². The van der Waals surface area contributed by atoms with Gasteiger partial charge < -0.3 is 5.32 Å². The Hall–Kier alpha value is -0.180. The molecular formula is C16H22ClNS. The summed E-state index contributed by atoms with van der Waals surface area (Å²) in [5.74, 6) is 0.665. The molecule has 0 amide bonds. The highest BCUT2D eigenvalue weighted by molar-refractivity contribution is 8.00. The Kier molecular flexibility index (Phi) is 4.11. The third kappa shape index (κ3) is 2.81. The summed E-state index contributed by atoms with van der Waals surface area (Å²) in [4.78, 5) is 0. The van der Waals surface area contributed by atoms with Crippen LogP contribution in [0.3, 0.4) is 0 Å². The molecule has 2 saturated carbocycles. The first-order valence-corrected chi connectivity index (χ1v) is 8.86. The number of halogens is 1. The summed E-state index contributed by atoms with van der Waals surface area (Å²) < 4.78 is 0.551. The second kappa shape index (κ2) is 5.67. The molecule has 1 aromatic carbocycles. The molecule has 0 heterocycles. The van der Waals surface area contributed by atoms with E-state index in [4.69, 9.17) is 11.6 Å². The first-order valence-electron chi connectivity index (χ1n) is 7.25. The van der Waals surface area contributed by atoms with Gasteiger partial charge in [0.05, 0.1) is 0 Å². The van der Waals surface area contributed by atoms with E-state index in [-0.39, 0.29) is 0 Å². The van der Waals surface area contributed by atoms with Crippen LogP contribution >= 0.6 is 23.4 Å². The van der Waals surface area contributed by atoms with Crippen molar-refractivity contribution in [3.63, 3.8) is 0 Å². The van der Waals surface area contributed by atoms with E-state index in [9.17, 15) is 0 Å². The molecule has 1 N–H and O–H groups in total. The highest BCUT2D eigenvalue weighted by atomic mass is 35.5. The van der Waals surface area contributed by atoms with Crippen molar-refractivity contribution in [2.75, 3.05) is 12.8 Å². The molecule has 0 unspecified atom stereocenters. The average Bonchev–Trinajstić information content (AvgIpc) is 2.32. The Bertz CT molecular complexity index is 433. The van der Waals surface area contributed by atoms with Gasteiger partial charge in [-0.25, -0.2) is 0 Å². The Labute approximate surface area is 125 Å². The molecule has 2 aliphatic rings. The van der Waals surface area contributed by atoms with Crippen LogP contribution in [0.1, 0.15) is 43.6 Å². The second-order valence-corrected chi connectivity index (χ2v) is 7.69. The second-order valence-electron chi connectivity index (χ2n) is 6.01. The molecule has 2 fully saturated rings. The maximum absolute atomic E-state index is 6.26. The number of hydrogen-bond donors (Lipinski definition) is 1. The van der Waals surface area contributed by atoms with E-state index in [1.807, 2.05) is 12.1 Å². The molecule has 3 heteroatoms. The van der Waals surface area contributed by atoms with Crippen molar-refractivity contribution in [1.82, 2.24) is 5.32 Å². The van der Waals surface area contributed by atoms with Crippen LogP contribution in [0.2, 0.25) is 5.02 Å². The van der Waals surface area contributed by atoms with Crippen molar-refractivity contribution in [1.29, 1.82) is 0 Å². The highest BCUT2D eigenvalue weighted by Crippen LogP contribution is 2.44. The fraction of sp³-hybridized carbons (Fsp3) is 0.625. The summed E-state index contributed by atoms with van der Waals surface area (Å²) in [6.07, 6.45) is 8.94. The molecule has 0 radical (unpaired) electrons. The van der Waals surface area contributed by atoms with Crippen LogP contribution < -0.4 is 5.32 Å². The summed E-state index contributed by atoms with van der Waals surface area (Å²) in [6, 6.07) is 9.00. The monoisotopic (exact) mass is 295 g/mol. The first kappa shape index (κ1) is 13.8. The molecule has 1 aromatic rings. The summed E-state index contributed by atoms with van der Waals surface area (Å²) in [5, 5.41) is 4.70. The third-order valence-electron chi connectivity index (χ3n) is 4.89. The lowest BCUT2D eigenvalue weighted by Gasteiger charge is -2.44. The lowest BCUT2D eigenvalue weighted by atomic mass is 9.75. The minimum atomic E-state index is 0.551. The predicted octanol–water partition coefficient (Wildman–Crippen LogP) is 4.46. The number of nitrogens with one attached hydrogen (secondary N) is 1. The quantitative estimate of drug-likeness (QED) is 0.860. The standard InChI is InChI=1S/C16H22ClNS/c1-19-16(7-4-8-16)11-18-13-9-12(10-13)14-5-2-3-6-15(14)17/h2-3,5-6,12-13,18H,4,7-11H2,1H3. The molecular weight excluding hydrogens is 274 g/mol. The van der Waals surface area contributed by atoms with E-state index in [1.165, 1.54) is 44.2 Å². The SMILES string of the molecule is CSC1(CNC2CC(c3ccccc3Cl)C2)CCC1. The van der Waals surface area contributed by atoms with Crippen molar-refractivity contribution in [2.24, 2.45) is 0 Å². The molecule has 1 nitrogen and oxygen atoms in total. The smallest absolute Gasteiger partial charge is 0.0440 e. The largest absolute Gasteiger partial charge is 0.313 e. The summed E-state index contributed by atoms with van der Waals surface area (Å²) >= 11 is 8.31. The zero-order chi connectivity index (χ0) is 13.3. The van der Waals surface area contributed by atoms with Crippen LogP contribution in [-0.2, 0) is 0 Å². The van der Waals surface area contributed by atoms with Gasteiger partial charge >= 0.3 is 0 Å². The van der Waals surface area contributed by atoms with E-state index in [0.29, 0.717) is 16.7 Å². The molecule has 2 aliphatic carbocycles. The maximum Gasteiger partial charge on any atom is 0.0440 e. The molecule has 104 valence electrons. The molecule has 0 aromatic heterocycles. The van der Waals surface area contributed by atoms with Gasteiger partial charge in [-0.2, -0.15) is 11.8 Å². The summed E-state index contributed by atoms with van der Waals surface area (Å²) in [6.45, 7) is 1.19. The van der Waals surface area contributed by atoms with Crippen LogP contribution in [0.25, 0.3) is 0 Å². The topological polar surface area (TPSA) is 12.0 Å². The van der Waals surface area contributed by atoms with E-state index < -0.39 is 0 Å². The Morgan fingerprint density at radius 2 is 2.05 bits per heavy atom. The molecule has 0 saturated heterocycles. The summed E-state index contributed by atoms with van der Waals surface area (Å²) in [7, 11) is 0. The molecule has 0 bridgehead atoms. The third-order valence-corrected chi connectivity index (χ3v) is 6.66. The number of hydrogen-bond acceptors (Lipinski definition) is 2. The van der Waals surface area contributed by atoms with E-state index in [2.05, 4.69) is 35.5 Å². The van der Waals surface area contributed by atoms with Gasteiger partial charge in [-0.3, -0.25) is 0 Å². The fourth-order valence-electron chi connectivity index (χ4n) is 3.20. The van der Waals surface area contributed by atoms with Gasteiger partial charge in [0.2, 0.25) is 0 Å². The normalized spacial score (nSPS) is 28.5. The Morgan fingerprint density at radius 1 is 1.32 bits per heavy atom. The average molecular weight is 296 g/mol. The molecule has 0 spiro atoms. The van der Waals surface area contributed by atoms with E-state index in [1.54, 1.807) is 0 Å². The van der Waals surface area contributed by atoms with Crippen LogP contribution in [0.15, 0.2) is 24.3 Å². The minimum absolute atomic E-state index is 0.551. The van der Waals surface area contributed by atoms with Gasteiger partial charge in [0, 0.05) is 22.4 Å². The van der Waals surface area contributed by atoms with Crippen LogP contribution in [-0.4, -0.2) is 23.6 Å². The molecule has 19 heavy (non-hydrogen) atoms. The number of benzene rings is 1. The zero-order valence-corrected chi connectivity index (χ0v) is 13.1. The predicted molar refractivity (Wildman–Crippen MR) is 85.3 cm³/mol. The van der Waals surface area contributed by atoms with E-state index >= 15 is 0 Å². The van der Waals surface area contributed by atoms with Crippen molar-refractivity contribution in [3.8, 4) is 0 Å². The van der Waals surface area contributed by atoms with Gasteiger partial charge in [0.25, 0.3) is 0 Å². The number of rotatable bonds is 5. The van der Waals surface area contributed by atoms with Crippen LogP contribution in [0, 0.1) is 0 Å². The van der Waals surface area contributed by atoms with Crippen molar-refractivity contribution in [3.05, 3.63) is 34.9 Å². The summed E-state index contributed by atoms with van der Waals surface area (Å²) in [5.41, 5.74) is 1.34. The first-order chi connectivity index (χ1) is 9.22. The molecule has 3 rings (SSSR count). The van der Waals surface area contributed by atoms with Crippen molar-refractivity contribution < 1.29 is 0 Å². The fourth-order valence-corrected chi connectivity index (χ4v) is 4.41. The highest BCUT2D eigenvalue weighted by Gasteiger charge is 2.38. The van der Waals surface area contributed by atoms with Crippen LogP contribution in [0.5, 0.6) is 0 Å². The molecule has 0 atom stereocenters. The van der Waals surface area contributed by atoms with E-state index in [0.717, 1.165) is 5.02 Å². The Balaban J connectivity index is 1.47. The lowest BCUT2D eigenvalue weighted by molar-refractivity contribution is 0.256. The van der Waals surface area contributed by atoms with Crippen molar-refractivity contribution in [2.45, 2.75) is 48.8 Å². The molecule has 0 aliphatic heterocycles. The van der Waals surface area contributed by atoms with Gasteiger partial charge in [-0.1, -0.05) is 36.2 Å². The minimum Gasteiger partial charge on any atom is -0.313 e. The maximum atomic E-state index is 6.26. The van der Waals surface area contributed by atoms with Gasteiger partial charge in [-0.15, -0.1) is 0 Å².